The SMILES string of the molecule is Fc1ccc(F)c(OCCNc2ccc(Br)cc2)c1. The summed E-state index contributed by atoms with van der Waals surface area (Å²) in [6.45, 7) is 0.744. The maximum atomic E-state index is 13.2. The van der Waals surface area contributed by atoms with Crippen molar-refractivity contribution in [3.63, 3.8) is 0 Å². The maximum absolute atomic E-state index is 13.2. The Morgan fingerprint density at radius 3 is 2.53 bits per heavy atom. The zero-order chi connectivity index (χ0) is 13.7. The Morgan fingerprint density at radius 1 is 1.05 bits per heavy atom. The van der Waals surface area contributed by atoms with E-state index in [1.165, 1.54) is 0 Å². The van der Waals surface area contributed by atoms with Gasteiger partial charge in [-0.15, -0.1) is 0 Å². The van der Waals surface area contributed by atoms with Crippen LogP contribution in [0.1, 0.15) is 0 Å². The molecule has 0 atom stereocenters. The largest absolute Gasteiger partial charge is 0.489 e. The van der Waals surface area contributed by atoms with Crippen molar-refractivity contribution in [3.8, 4) is 5.75 Å². The minimum absolute atomic E-state index is 0.0717. The fourth-order valence-electron chi connectivity index (χ4n) is 1.51. The topological polar surface area (TPSA) is 21.3 Å². The average molecular weight is 328 g/mol. The number of ether oxygens (including phenoxy) is 1. The number of hydrogen-bond donors (Lipinski definition) is 1. The highest BCUT2D eigenvalue weighted by Crippen LogP contribution is 2.18. The van der Waals surface area contributed by atoms with E-state index in [-0.39, 0.29) is 12.4 Å². The molecule has 0 saturated heterocycles. The third-order valence-corrected chi connectivity index (χ3v) is 2.95. The quantitative estimate of drug-likeness (QED) is 0.830. The van der Waals surface area contributed by atoms with Crippen molar-refractivity contribution < 1.29 is 13.5 Å². The van der Waals surface area contributed by atoms with Gasteiger partial charge in [-0.25, -0.2) is 8.78 Å². The van der Waals surface area contributed by atoms with E-state index in [9.17, 15) is 8.78 Å². The van der Waals surface area contributed by atoms with Crippen molar-refractivity contribution in [2.45, 2.75) is 0 Å². The molecule has 2 aromatic rings. The van der Waals surface area contributed by atoms with Crippen LogP contribution in [0.25, 0.3) is 0 Å². The standard InChI is InChI=1S/C14H12BrF2NO/c15-10-1-4-12(5-2-10)18-7-8-19-14-9-11(16)3-6-13(14)17/h1-6,9,18H,7-8H2. The van der Waals surface area contributed by atoms with E-state index in [4.69, 9.17) is 4.74 Å². The van der Waals surface area contributed by atoms with Crippen LogP contribution in [0.2, 0.25) is 0 Å². The second kappa shape index (κ2) is 6.52. The monoisotopic (exact) mass is 327 g/mol. The van der Waals surface area contributed by atoms with Gasteiger partial charge < -0.3 is 10.1 Å². The molecule has 1 N–H and O–H groups in total. The second-order valence-corrected chi connectivity index (χ2v) is 4.77. The summed E-state index contributed by atoms with van der Waals surface area (Å²) in [5.41, 5.74) is 0.937. The molecule has 0 aromatic heterocycles. The fraction of sp³-hybridized carbons (Fsp3) is 0.143. The van der Waals surface area contributed by atoms with Crippen LogP contribution in [0.15, 0.2) is 46.9 Å². The molecule has 19 heavy (non-hydrogen) atoms. The maximum Gasteiger partial charge on any atom is 0.165 e. The van der Waals surface area contributed by atoms with Crippen LogP contribution in [0, 0.1) is 11.6 Å². The number of hydrogen-bond acceptors (Lipinski definition) is 2. The van der Waals surface area contributed by atoms with Gasteiger partial charge in [0, 0.05) is 22.8 Å². The van der Waals surface area contributed by atoms with E-state index in [0.29, 0.717) is 6.54 Å². The molecule has 0 aliphatic carbocycles. The second-order valence-electron chi connectivity index (χ2n) is 3.86. The molecule has 0 amide bonds. The van der Waals surface area contributed by atoms with Gasteiger partial charge in [-0.05, 0) is 36.4 Å². The summed E-state index contributed by atoms with van der Waals surface area (Å²) in [4.78, 5) is 0. The highest BCUT2D eigenvalue weighted by atomic mass is 79.9. The van der Waals surface area contributed by atoms with E-state index in [0.717, 1.165) is 28.4 Å². The molecule has 2 aromatic carbocycles. The van der Waals surface area contributed by atoms with Crippen LogP contribution in [0.4, 0.5) is 14.5 Å². The third kappa shape index (κ3) is 4.21. The molecule has 0 aliphatic heterocycles. The number of nitrogens with one attached hydrogen (secondary N) is 1. The summed E-state index contributed by atoms with van der Waals surface area (Å²) in [5.74, 6) is -1.15. The van der Waals surface area contributed by atoms with Crippen LogP contribution in [-0.2, 0) is 0 Å². The van der Waals surface area contributed by atoms with E-state index >= 15 is 0 Å². The summed E-state index contributed by atoms with van der Waals surface area (Å²) >= 11 is 3.34. The summed E-state index contributed by atoms with van der Waals surface area (Å²) in [6.07, 6.45) is 0. The van der Waals surface area contributed by atoms with Gasteiger partial charge in [0.15, 0.2) is 11.6 Å². The number of rotatable bonds is 5. The molecule has 0 unspecified atom stereocenters. The highest BCUT2D eigenvalue weighted by Gasteiger charge is 2.04. The lowest BCUT2D eigenvalue weighted by molar-refractivity contribution is 0.313. The van der Waals surface area contributed by atoms with Gasteiger partial charge >= 0.3 is 0 Å². The summed E-state index contributed by atoms with van der Waals surface area (Å²) < 4.78 is 32.3. The molecule has 0 aliphatic rings. The smallest absolute Gasteiger partial charge is 0.165 e. The van der Waals surface area contributed by atoms with Crippen molar-refractivity contribution in [1.82, 2.24) is 0 Å². The van der Waals surface area contributed by atoms with Crippen LogP contribution in [0.5, 0.6) is 5.75 Å². The molecule has 0 spiro atoms. The third-order valence-electron chi connectivity index (χ3n) is 2.43. The zero-order valence-corrected chi connectivity index (χ0v) is 11.6. The van der Waals surface area contributed by atoms with Crippen molar-refractivity contribution in [3.05, 3.63) is 58.6 Å². The van der Waals surface area contributed by atoms with Crippen molar-refractivity contribution in [1.29, 1.82) is 0 Å². The first kappa shape index (κ1) is 13.8. The van der Waals surface area contributed by atoms with Crippen LogP contribution in [-0.4, -0.2) is 13.2 Å². The molecular weight excluding hydrogens is 316 g/mol. The molecule has 0 saturated carbocycles. The molecule has 0 bridgehead atoms. The fourth-order valence-corrected chi connectivity index (χ4v) is 1.78. The normalized spacial score (nSPS) is 10.3. The van der Waals surface area contributed by atoms with Crippen LogP contribution < -0.4 is 10.1 Å². The molecule has 2 rings (SSSR count). The van der Waals surface area contributed by atoms with E-state index in [1.807, 2.05) is 24.3 Å². The van der Waals surface area contributed by atoms with E-state index in [2.05, 4.69) is 21.2 Å². The Bertz CT molecular complexity index is 546. The Labute approximate surface area is 118 Å². The summed E-state index contributed by atoms with van der Waals surface area (Å²) in [5, 5.41) is 3.11. The average Bonchev–Trinajstić information content (AvgIpc) is 2.40. The molecule has 2 nitrogen and oxygen atoms in total. The Hall–Kier alpha value is -1.62. The first-order chi connectivity index (χ1) is 9.15. The zero-order valence-electron chi connectivity index (χ0n) is 10.00. The molecule has 5 heteroatoms. The van der Waals surface area contributed by atoms with Gasteiger partial charge in [-0.1, -0.05) is 15.9 Å². The molecule has 0 heterocycles. The van der Waals surface area contributed by atoms with Gasteiger partial charge in [0.05, 0.1) is 0 Å². The predicted molar refractivity (Wildman–Crippen MR) is 74.5 cm³/mol. The van der Waals surface area contributed by atoms with Gasteiger partial charge in [-0.3, -0.25) is 0 Å². The van der Waals surface area contributed by atoms with Crippen LogP contribution >= 0.6 is 15.9 Å². The Kier molecular flexibility index (Phi) is 4.74. The minimum Gasteiger partial charge on any atom is -0.489 e. The number of halogens is 3. The van der Waals surface area contributed by atoms with Crippen LogP contribution in [0.3, 0.4) is 0 Å². The Balaban J connectivity index is 1.80. The van der Waals surface area contributed by atoms with Crippen molar-refractivity contribution in [2.24, 2.45) is 0 Å². The summed E-state index contributed by atoms with van der Waals surface area (Å²) in [7, 11) is 0. The summed E-state index contributed by atoms with van der Waals surface area (Å²) in [6, 6.07) is 10.8. The lowest BCUT2D eigenvalue weighted by atomic mass is 10.3. The van der Waals surface area contributed by atoms with Gasteiger partial charge in [0.1, 0.15) is 12.4 Å². The van der Waals surface area contributed by atoms with Crippen molar-refractivity contribution in [2.75, 3.05) is 18.5 Å². The lowest BCUT2D eigenvalue weighted by Crippen LogP contribution is -2.12. The number of anilines is 1. The molecule has 0 fully saturated rings. The van der Waals surface area contributed by atoms with E-state index < -0.39 is 11.6 Å². The first-order valence-corrected chi connectivity index (χ1v) is 6.52. The molecule has 0 radical (unpaired) electrons. The van der Waals surface area contributed by atoms with E-state index in [1.54, 1.807) is 0 Å². The Morgan fingerprint density at radius 2 is 1.79 bits per heavy atom. The van der Waals surface area contributed by atoms with Crippen molar-refractivity contribution >= 4 is 21.6 Å². The minimum atomic E-state index is -0.565. The van der Waals surface area contributed by atoms with Gasteiger partial charge in [0.25, 0.3) is 0 Å². The van der Waals surface area contributed by atoms with Gasteiger partial charge in [-0.2, -0.15) is 0 Å². The molecule has 100 valence electrons. The number of benzene rings is 2. The lowest BCUT2D eigenvalue weighted by Gasteiger charge is -2.09. The van der Waals surface area contributed by atoms with Gasteiger partial charge in [0.2, 0.25) is 0 Å². The predicted octanol–water partition coefficient (Wildman–Crippen LogP) is 4.22. The first-order valence-electron chi connectivity index (χ1n) is 5.72. The highest BCUT2D eigenvalue weighted by molar-refractivity contribution is 9.10. The molecular formula is C14H12BrF2NO.